The molecule has 1 N–H and O–H groups in total. The maximum Gasteiger partial charge on any atom is 0.409 e. The Labute approximate surface area is 121 Å². The van der Waals surface area contributed by atoms with E-state index in [1.807, 2.05) is 4.90 Å². The maximum absolute atomic E-state index is 11.8. The van der Waals surface area contributed by atoms with Gasteiger partial charge in [-0.25, -0.2) is 4.79 Å². The van der Waals surface area contributed by atoms with Gasteiger partial charge in [-0.3, -0.25) is 0 Å². The Balaban J connectivity index is 1.46. The van der Waals surface area contributed by atoms with Crippen molar-refractivity contribution in [3.05, 3.63) is 0 Å². The number of unbranched alkanes of at least 4 members (excludes halogenated alkanes) is 1. The molecule has 1 saturated heterocycles. The molecule has 0 aromatic heterocycles. The van der Waals surface area contributed by atoms with Gasteiger partial charge in [-0.05, 0) is 44.4 Å². The molecule has 2 aliphatic carbocycles. The first-order chi connectivity index (χ1) is 9.57. The van der Waals surface area contributed by atoms with Gasteiger partial charge in [-0.2, -0.15) is 0 Å². The van der Waals surface area contributed by atoms with Gasteiger partial charge in [0.2, 0.25) is 0 Å². The first kappa shape index (κ1) is 14.2. The van der Waals surface area contributed by atoms with Crippen molar-refractivity contribution >= 4 is 6.09 Å². The number of nitrogens with zero attached hydrogens (tertiary/aromatic N) is 1. The Morgan fingerprint density at radius 3 is 2.70 bits per heavy atom. The van der Waals surface area contributed by atoms with E-state index in [0.29, 0.717) is 12.5 Å². The van der Waals surface area contributed by atoms with Crippen molar-refractivity contribution in [3.63, 3.8) is 0 Å². The van der Waals surface area contributed by atoms with Crippen molar-refractivity contribution in [1.29, 1.82) is 0 Å². The Kier molecular flexibility index (Phi) is 3.69. The number of aliphatic hydroxyl groups is 1. The summed E-state index contributed by atoms with van der Waals surface area (Å²) in [4.78, 5) is 13.7. The Morgan fingerprint density at radius 2 is 2.10 bits per heavy atom. The van der Waals surface area contributed by atoms with Crippen molar-refractivity contribution in [2.24, 2.45) is 11.3 Å². The summed E-state index contributed by atoms with van der Waals surface area (Å²) in [6.45, 7) is 4.19. The molecule has 0 radical (unpaired) electrons. The number of carbonyl (C=O) groups is 1. The van der Waals surface area contributed by atoms with Crippen molar-refractivity contribution in [3.8, 4) is 0 Å². The number of carbonyl (C=O) groups excluding carboxylic acids is 1. The summed E-state index contributed by atoms with van der Waals surface area (Å²) in [6.07, 6.45) is 8.36. The fraction of sp³-hybridized carbons (Fsp3) is 0.938. The summed E-state index contributed by atoms with van der Waals surface area (Å²) in [5, 5.41) is 10.8. The molecule has 1 amide bonds. The zero-order valence-electron chi connectivity index (χ0n) is 12.6. The van der Waals surface area contributed by atoms with Gasteiger partial charge in [0.05, 0.1) is 12.2 Å². The molecule has 114 valence electrons. The van der Waals surface area contributed by atoms with Gasteiger partial charge in [-0.1, -0.05) is 19.8 Å². The lowest BCUT2D eigenvalue weighted by molar-refractivity contribution is -0.0721. The molecule has 2 saturated carbocycles. The summed E-state index contributed by atoms with van der Waals surface area (Å²) in [6, 6.07) is 0. The van der Waals surface area contributed by atoms with Crippen LogP contribution in [0.1, 0.15) is 58.3 Å². The van der Waals surface area contributed by atoms with Gasteiger partial charge < -0.3 is 14.7 Å². The molecular weight excluding hydrogens is 254 g/mol. The summed E-state index contributed by atoms with van der Waals surface area (Å²) >= 11 is 0. The van der Waals surface area contributed by atoms with Crippen LogP contribution >= 0.6 is 0 Å². The van der Waals surface area contributed by atoms with E-state index in [9.17, 15) is 9.90 Å². The third kappa shape index (κ3) is 2.43. The molecule has 4 nitrogen and oxygen atoms in total. The fourth-order valence-electron chi connectivity index (χ4n) is 4.16. The number of hydrogen-bond donors (Lipinski definition) is 1. The summed E-state index contributed by atoms with van der Waals surface area (Å²) < 4.78 is 5.25. The van der Waals surface area contributed by atoms with Crippen LogP contribution in [-0.2, 0) is 4.74 Å². The highest BCUT2D eigenvalue weighted by molar-refractivity contribution is 5.69. The second kappa shape index (κ2) is 5.21. The SMILES string of the molecule is CCCCOC(=O)N1CC2(CCC(O)(C3CCC3)C2)C1. The van der Waals surface area contributed by atoms with E-state index in [0.717, 1.165) is 45.2 Å². The number of hydrogen-bond acceptors (Lipinski definition) is 3. The minimum Gasteiger partial charge on any atom is -0.449 e. The minimum atomic E-state index is -0.434. The molecule has 3 fully saturated rings. The van der Waals surface area contributed by atoms with E-state index in [1.165, 1.54) is 19.3 Å². The topological polar surface area (TPSA) is 49.8 Å². The van der Waals surface area contributed by atoms with Gasteiger partial charge >= 0.3 is 6.09 Å². The number of ether oxygens (including phenoxy) is 1. The van der Waals surface area contributed by atoms with Gasteiger partial charge in [0.1, 0.15) is 0 Å². The van der Waals surface area contributed by atoms with Gasteiger partial charge in [0, 0.05) is 18.5 Å². The highest BCUT2D eigenvalue weighted by Crippen LogP contribution is 2.55. The number of rotatable bonds is 4. The lowest BCUT2D eigenvalue weighted by Gasteiger charge is -2.49. The Hall–Kier alpha value is -0.770. The maximum atomic E-state index is 11.8. The third-order valence-corrected chi connectivity index (χ3v) is 5.67. The van der Waals surface area contributed by atoms with Crippen LogP contribution in [0.5, 0.6) is 0 Å². The van der Waals surface area contributed by atoms with Crippen LogP contribution in [0.15, 0.2) is 0 Å². The standard InChI is InChI=1S/C16H27NO3/c1-2-3-9-20-14(18)17-11-15(12-17)7-8-16(19,10-15)13-5-4-6-13/h13,19H,2-12H2,1H3. The molecule has 1 unspecified atom stereocenters. The van der Waals surface area contributed by atoms with Crippen LogP contribution in [0.2, 0.25) is 0 Å². The molecule has 0 aromatic rings. The molecule has 1 aliphatic heterocycles. The molecule has 1 heterocycles. The fourth-order valence-corrected chi connectivity index (χ4v) is 4.16. The molecular formula is C16H27NO3. The highest BCUT2D eigenvalue weighted by Gasteiger charge is 2.57. The molecule has 4 heteroatoms. The molecule has 1 atom stereocenters. The van der Waals surface area contributed by atoms with E-state index in [2.05, 4.69) is 6.92 Å². The monoisotopic (exact) mass is 281 g/mol. The van der Waals surface area contributed by atoms with Crippen LogP contribution < -0.4 is 0 Å². The van der Waals surface area contributed by atoms with Crippen LogP contribution in [0, 0.1) is 11.3 Å². The molecule has 3 aliphatic rings. The Morgan fingerprint density at radius 1 is 1.35 bits per heavy atom. The Bertz CT molecular complexity index is 374. The zero-order chi connectivity index (χ0) is 14.2. The first-order valence-electron chi connectivity index (χ1n) is 8.21. The van der Waals surface area contributed by atoms with Crippen molar-refractivity contribution in [2.45, 2.75) is 63.9 Å². The molecule has 0 aromatic carbocycles. The normalized spacial score (nSPS) is 32.0. The lowest BCUT2D eigenvalue weighted by atomic mass is 9.69. The second-order valence-electron chi connectivity index (χ2n) is 7.23. The molecule has 0 bridgehead atoms. The van der Waals surface area contributed by atoms with Gasteiger partial charge in [0.15, 0.2) is 0 Å². The van der Waals surface area contributed by atoms with Crippen molar-refractivity contribution < 1.29 is 14.6 Å². The van der Waals surface area contributed by atoms with Crippen LogP contribution in [-0.4, -0.2) is 41.4 Å². The van der Waals surface area contributed by atoms with E-state index in [1.54, 1.807) is 0 Å². The minimum absolute atomic E-state index is 0.164. The van der Waals surface area contributed by atoms with Crippen LogP contribution in [0.4, 0.5) is 4.79 Å². The smallest absolute Gasteiger partial charge is 0.409 e. The van der Waals surface area contributed by atoms with Crippen LogP contribution in [0.3, 0.4) is 0 Å². The van der Waals surface area contributed by atoms with Crippen LogP contribution in [0.25, 0.3) is 0 Å². The van der Waals surface area contributed by atoms with E-state index in [4.69, 9.17) is 4.74 Å². The van der Waals surface area contributed by atoms with Gasteiger partial charge in [-0.15, -0.1) is 0 Å². The van der Waals surface area contributed by atoms with E-state index >= 15 is 0 Å². The number of amides is 1. The average Bonchev–Trinajstić information content (AvgIpc) is 2.64. The number of likely N-dealkylation sites (tertiary alicyclic amines) is 1. The molecule has 1 spiro atoms. The van der Waals surface area contributed by atoms with Crippen molar-refractivity contribution in [1.82, 2.24) is 4.90 Å². The average molecular weight is 281 g/mol. The van der Waals surface area contributed by atoms with Crippen molar-refractivity contribution in [2.75, 3.05) is 19.7 Å². The summed E-state index contributed by atoms with van der Waals surface area (Å²) in [5.41, 5.74) is -0.245. The third-order valence-electron chi connectivity index (χ3n) is 5.67. The second-order valence-corrected chi connectivity index (χ2v) is 7.23. The quantitative estimate of drug-likeness (QED) is 0.806. The summed E-state index contributed by atoms with van der Waals surface area (Å²) in [5.74, 6) is 0.521. The first-order valence-corrected chi connectivity index (χ1v) is 8.21. The molecule has 20 heavy (non-hydrogen) atoms. The lowest BCUT2D eigenvalue weighted by Crippen LogP contribution is -2.58. The zero-order valence-corrected chi connectivity index (χ0v) is 12.6. The predicted octanol–water partition coefficient (Wildman–Crippen LogP) is 2.94. The highest BCUT2D eigenvalue weighted by atomic mass is 16.6. The predicted molar refractivity (Wildman–Crippen MR) is 76.4 cm³/mol. The summed E-state index contributed by atoms with van der Waals surface area (Å²) in [7, 11) is 0. The largest absolute Gasteiger partial charge is 0.449 e. The molecule has 3 rings (SSSR count). The van der Waals surface area contributed by atoms with E-state index in [-0.39, 0.29) is 11.5 Å². The van der Waals surface area contributed by atoms with E-state index < -0.39 is 5.60 Å². The van der Waals surface area contributed by atoms with Gasteiger partial charge in [0.25, 0.3) is 0 Å².